The number of benzene rings is 1. The number of aromatic nitrogens is 2. The second kappa shape index (κ2) is 6.14. The lowest BCUT2D eigenvalue weighted by Gasteiger charge is -2.41. The fourth-order valence-corrected chi connectivity index (χ4v) is 4.03. The summed E-state index contributed by atoms with van der Waals surface area (Å²) in [5, 5.41) is 4.37. The molecule has 2 aliphatic rings. The van der Waals surface area contributed by atoms with Crippen LogP contribution in [0, 0.1) is 5.41 Å². The van der Waals surface area contributed by atoms with Crippen LogP contribution < -0.4 is 4.90 Å². The molecule has 2 aromatic rings. The Labute approximate surface area is 154 Å². The largest absolute Gasteiger partial charge is 0.416 e. The predicted octanol–water partition coefficient (Wildman–Crippen LogP) is 3.46. The van der Waals surface area contributed by atoms with Gasteiger partial charge in [0.05, 0.1) is 18.3 Å². The number of fused-ring (bicyclic) bond motifs is 1. The molecule has 1 aromatic carbocycles. The maximum atomic E-state index is 12.9. The van der Waals surface area contributed by atoms with Crippen LogP contribution in [0.25, 0.3) is 0 Å². The van der Waals surface area contributed by atoms with Crippen molar-refractivity contribution in [3.63, 3.8) is 0 Å². The van der Waals surface area contributed by atoms with E-state index < -0.39 is 11.7 Å². The zero-order valence-corrected chi connectivity index (χ0v) is 14.6. The first-order chi connectivity index (χ1) is 12.8. The van der Waals surface area contributed by atoms with Crippen molar-refractivity contribution in [2.75, 3.05) is 24.5 Å². The smallest absolute Gasteiger partial charge is 0.338 e. The number of anilines is 2. The van der Waals surface area contributed by atoms with E-state index in [1.54, 1.807) is 11.1 Å². The first-order valence-electron chi connectivity index (χ1n) is 8.69. The number of amides is 1. The van der Waals surface area contributed by atoms with E-state index in [2.05, 4.69) is 11.7 Å². The van der Waals surface area contributed by atoms with Crippen molar-refractivity contribution < 1.29 is 18.0 Å². The molecular weight excluding hydrogens is 357 g/mol. The summed E-state index contributed by atoms with van der Waals surface area (Å²) in [6.45, 7) is 6.05. The molecule has 142 valence electrons. The summed E-state index contributed by atoms with van der Waals surface area (Å²) in [5.74, 6) is 0.744. The number of nitrogens with zero attached hydrogens (tertiary/aromatic N) is 4. The molecule has 1 spiro atoms. The first kappa shape index (κ1) is 17.6. The summed E-state index contributed by atoms with van der Waals surface area (Å²) in [6, 6.07) is 7.02. The number of hydrogen-bond acceptors (Lipinski definition) is 3. The van der Waals surface area contributed by atoms with Gasteiger partial charge in [-0.05, 0) is 36.8 Å². The Bertz CT molecular complexity index is 874. The highest BCUT2D eigenvalue weighted by Gasteiger charge is 2.45. The van der Waals surface area contributed by atoms with Gasteiger partial charge in [-0.2, -0.15) is 18.3 Å². The lowest BCUT2D eigenvalue weighted by atomic mass is 9.84. The summed E-state index contributed by atoms with van der Waals surface area (Å²) in [6.07, 6.45) is -0.550. The average molecular weight is 376 g/mol. The molecule has 1 amide bonds. The third kappa shape index (κ3) is 3.09. The highest BCUT2D eigenvalue weighted by atomic mass is 19.4. The van der Waals surface area contributed by atoms with E-state index in [-0.39, 0.29) is 11.3 Å². The molecule has 0 bridgehead atoms. The van der Waals surface area contributed by atoms with Crippen molar-refractivity contribution in [3.8, 4) is 0 Å². The van der Waals surface area contributed by atoms with Gasteiger partial charge in [-0.3, -0.25) is 4.79 Å². The lowest BCUT2D eigenvalue weighted by Crippen LogP contribution is -2.46. The van der Waals surface area contributed by atoms with E-state index >= 15 is 0 Å². The highest BCUT2D eigenvalue weighted by molar-refractivity contribution is 5.87. The molecule has 1 saturated heterocycles. The van der Waals surface area contributed by atoms with Gasteiger partial charge in [-0.1, -0.05) is 6.58 Å². The normalized spacial score (nSPS) is 22.2. The summed E-state index contributed by atoms with van der Waals surface area (Å²) in [5.41, 5.74) is -0.187. The van der Waals surface area contributed by atoms with Crippen LogP contribution in [-0.4, -0.2) is 40.2 Å². The van der Waals surface area contributed by atoms with Crippen molar-refractivity contribution in [2.45, 2.75) is 19.1 Å². The van der Waals surface area contributed by atoms with Crippen LogP contribution in [0.2, 0.25) is 0 Å². The third-order valence-corrected chi connectivity index (χ3v) is 5.38. The van der Waals surface area contributed by atoms with Gasteiger partial charge in [0.1, 0.15) is 5.82 Å². The fourth-order valence-electron chi connectivity index (χ4n) is 4.03. The van der Waals surface area contributed by atoms with E-state index in [1.165, 1.54) is 18.2 Å². The number of rotatable bonds is 2. The summed E-state index contributed by atoms with van der Waals surface area (Å²) in [7, 11) is 0. The zero-order valence-electron chi connectivity index (χ0n) is 14.6. The quantitative estimate of drug-likeness (QED) is 0.754. The van der Waals surface area contributed by atoms with Crippen molar-refractivity contribution in [3.05, 3.63) is 54.7 Å². The van der Waals surface area contributed by atoms with Crippen LogP contribution in [0.5, 0.6) is 0 Å². The second-order valence-electron chi connectivity index (χ2n) is 7.19. The van der Waals surface area contributed by atoms with Crippen LogP contribution in [0.1, 0.15) is 12.0 Å². The third-order valence-electron chi connectivity index (χ3n) is 5.38. The van der Waals surface area contributed by atoms with Crippen LogP contribution >= 0.6 is 0 Å². The minimum absolute atomic E-state index is 0.0979. The van der Waals surface area contributed by atoms with Crippen molar-refractivity contribution in [1.82, 2.24) is 14.7 Å². The molecule has 1 atom stereocenters. The molecule has 0 aliphatic carbocycles. The van der Waals surface area contributed by atoms with Crippen molar-refractivity contribution >= 4 is 17.4 Å². The Morgan fingerprint density at radius 3 is 2.56 bits per heavy atom. The molecule has 2 aliphatic heterocycles. The van der Waals surface area contributed by atoms with Gasteiger partial charge in [0.2, 0.25) is 5.91 Å². The molecule has 1 fully saturated rings. The predicted molar refractivity (Wildman–Crippen MR) is 94.5 cm³/mol. The summed E-state index contributed by atoms with van der Waals surface area (Å²) >= 11 is 0. The SMILES string of the molecule is C=CC(=O)N1CCC2(C1)CN(c1ccc(C(F)(F)F)cc1)c1ccnn1C2. The van der Waals surface area contributed by atoms with Crippen molar-refractivity contribution in [1.29, 1.82) is 0 Å². The average Bonchev–Trinajstić information content (AvgIpc) is 3.27. The number of carbonyl (C=O) groups is 1. The Morgan fingerprint density at radius 2 is 1.89 bits per heavy atom. The van der Waals surface area contributed by atoms with Gasteiger partial charge in [0.25, 0.3) is 0 Å². The monoisotopic (exact) mass is 376 g/mol. The standard InChI is InChI=1S/C19H19F3N4O/c1-2-17(27)24-10-8-18(11-24)12-25(16-7-9-23-26(16)13-18)15-5-3-14(4-6-15)19(20,21)22/h2-7,9H,1,8,10-13H2. The maximum Gasteiger partial charge on any atom is 0.416 e. The van der Waals surface area contributed by atoms with Gasteiger partial charge < -0.3 is 9.80 Å². The van der Waals surface area contributed by atoms with E-state index in [1.807, 2.05) is 15.6 Å². The molecule has 5 nitrogen and oxygen atoms in total. The molecule has 3 heterocycles. The van der Waals surface area contributed by atoms with Gasteiger partial charge in [-0.25, -0.2) is 4.68 Å². The molecular formula is C19H19F3N4O. The number of alkyl halides is 3. The van der Waals surface area contributed by atoms with E-state index in [4.69, 9.17) is 0 Å². The number of likely N-dealkylation sites (tertiary alicyclic amines) is 1. The summed E-state index contributed by atoms with van der Waals surface area (Å²) in [4.78, 5) is 15.7. The highest BCUT2D eigenvalue weighted by Crippen LogP contribution is 2.42. The Hall–Kier alpha value is -2.77. The molecule has 4 rings (SSSR count). The van der Waals surface area contributed by atoms with Crippen LogP contribution in [0.4, 0.5) is 24.7 Å². The van der Waals surface area contributed by atoms with E-state index in [0.717, 1.165) is 24.4 Å². The van der Waals surface area contributed by atoms with Crippen molar-refractivity contribution in [2.24, 2.45) is 5.41 Å². The van der Waals surface area contributed by atoms with Crippen LogP contribution in [0.3, 0.4) is 0 Å². The van der Waals surface area contributed by atoms with Gasteiger partial charge >= 0.3 is 6.18 Å². The van der Waals surface area contributed by atoms with Crippen LogP contribution in [-0.2, 0) is 17.5 Å². The molecule has 1 unspecified atom stereocenters. The molecule has 0 saturated carbocycles. The molecule has 0 radical (unpaired) electrons. The molecule has 8 heteroatoms. The maximum absolute atomic E-state index is 12.9. The Kier molecular flexibility index (Phi) is 4.01. The molecule has 0 N–H and O–H groups in total. The van der Waals surface area contributed by atoms with Gasteiger partial charge in [0, 0.05) is 36.8 Å². The fraction of sp³-hybridized carbons (Fsp3) is 0.368. The number of carbonyl (C=O) groups excluding carboxylic acids is 1. The zero-order chi connectivity index (χ0) is 19.2. The van der Waals surface area contributed by atoms with Gasteiger partial charge in [-0.15, -0.1) is 0 Å². The van der Waals surface area contributed by atoms with Crippen LogP contribution in [0.15, 0.2) is 49.2 Å². The minimum atomic E-state index is -4.36. The Morgan fingerprint density at radius 1 is 1.15 bits per heavy atom. The summed E-state index contributed by atoms with van der Waals surface area (Å²) < 4.78 is 40.5. The second-order valence-corrected chi connectivity index (χ2v) is 7.19. The van der Waals surface area contributed by atoms with E-state index in [0.29, 0.717) is 31.9 Å². The topological polar surface area (TPSA) is 41.4 Å². The first-order valence-corrected chi connectivity index (χ1v) is 8.69. The van der Waals surface area contributed by atoms with E-state index in [9.17, 15) is 18.0 Å². The number of hydrogen-bond donors (Lipinski definition) is 0. The molecule has 27 heavy (non-hydrogen) atoms. The van der Waals surface area contributed by atoms with Gasteiger partial charge in [0.15, 0.2) is 0 Å². The lowest BCUT2D eigenvalue weighted by molar-refractivity contribution is -0.137. The minimum Gasteiger partial charge on any atom is -0.338 e. The molecule has 1 aromatic heterocycles. The number of halogens is 3. The Balaban J connectivity index is 1.65.